The molecule has 2 unspecified atom stereocenters. The third kappa shape index (κ3) is 2.96. The van der Waals surface area contributed by atoms with Gasteiger partial charge in [-0.2, -0.15) is 0 Å². The molecule has 0 saturated carbocycles. The normalized spacial score (nSPS) is 23.2. The molecule has 0 aromatic carbocycles. The topological polar surface area (TPSA) is 28.4 Å². The number of piperazine rings is 1. The Hall–Kier alpha value is -0.800. The van der Waals surface area contributed by atoms with Crippen molar-refractivity contribution >= 4 is 0 Å². The molecular formula is C15H26N2O. The van der Waals surface area contributed by atoms with E-state index in [-0.39, 0.29) is 0 Å². The van der Waals surface area contributed by atoms with Gasteiger partial charge in [0, 0.05) is 37.3 Å². The van der Waals surface area contributed by atoms with Crippen LogP contribution in [0.15, 0.2) is 10.5 Å². The van der Waals surface area contributed by atoms with Crippen LogP contribution in [0.5, 0.6) is 0 Å². The lowest BCUT2D eigenvalue weighted by molar-refractivity contribution is 0.148. The molecule has 0 spiro atoms. The molecule has 1 saturated heterocycles. The summed E-state index contributed by atoms with van der Waals surface area (Å²) in [5.74, 6) is 2.10. The van der Waals surface area contributed by atoms with Gasteiger partial charge in [0.25, 0.3) is 0 Å². The van der Waals surface area contributed by atoms with E-state index in [2.05, 4.69) is 37.1 Å². The Bertz CT molecular complexity index is 384. The number of hydrogen-bond acceptors (Lipinski definition) is 3. The molecule has 1 aliphatic rings. The van der Waals surface area contributed by atoms with Gasteiger partial charge >= 0.3 is 0 Å². The van der Waals surface area contributed by atoms with Gasteiger partial charge in [0.2, 0.25) is 0 Å². The van der Waals surface area contributed by atoms with E-state index in [1.165, 1.54) is 18.4 Å². The summed E-state index contributed by atoms with van der Waals surface area (Å²) in [5.41, 5.74) is 1.35. The Morgan fingerprint density at radius 3 is 2.89 bits per heavy atom. The number of nitrogens with one attached hydrogen (secondary N) is 1. The first-order valence-corrected chi connectivity index (χ1v) is 7.16. The van der Waals surface area contributed by atoms with Crippen LogP contribution in [0.3, 0.4) is 0 Å². The van der Waals surface area contributed by atoms with Crippen molar-refractivity contribution in [2.45, 2.75) is 52.6 Å². The van der Waals surface area contributed by atoms with Crippen LogP contribution >= 0.6 is 0 Å². The standard InChI is InChI=1S/C15H26N2O/c1-5-6-14-10-17(8-7-16-14)12(3)15-9-11(2)18-13(15)4/h9,12,14,16H,5-8,10H2,1-4H3. The summed E-state index contributed by atoms with van der Waals surface area (Å²) in [6.45, 7) is 12.0. The van der Waals surface area contributed by atoms with E-state index in [9.17, 15) is 0 Å². The molecule has 0 amide bonds. The Kier molecular flexibility index (Phi) is 4.46. The monoisotopic (exact) mass is 250 g/mol. The average Bonchev–Trinajstić information content (AvgIpc) is 2.68. The second kappa shape index (κ2) is 5.89. The maximum Gasteiger partial charge on any atom is 0.105 e. The number of furan rings is 1. The molecule has 1 aliphatic heterocycles. The van der Waals surface area contributed by atoms with Gasteiger partial charge in [-0.1, -0.05) is 13.3 Å². The summed E-state index contributed by atoms with van der Waals surface area (Å²) >= 11 is 0. The summed E-state index contributed by atoms with van der Waals surface area (Å²) < 4.78 is 5.66. The molecule has 0 radical (unpaired) electrons. The van der Waals surface area contributed by atoms with E-state index >= 15 is 0 Å². The van der Waals surface area contributed by atoms with E-state index in [0.717, 1.165) is 31.2 Å². The van der Waals surface area contributed by atoms with E-state index in [4.69, 9.17) is 4.42 Å². The van der Waals surface area contributed by atoms with Gasteiger partial charge in [0.15, 0.2) is 0 Å². The third-order valence-electron chi connectivity index (χ3n) is 4.00. The van der Waals surface area contributed by atoms with Crippen molar-refractivity contribution in [3.8, 4) is 0 Å². The molecule has 3 nitrogen and oxygen atoms in total. The molecule has 1 fully saturated rings. The second-order valence-electron chi connectivity index (χ2n) is 5.48. The van der Waals surface area contributed by atoms with Crippen LogP contribution in [-0.4, -0.2) is 30.6 Å². The van der Waals surface area contributed by atoms with Crippen molar-refractivity contribution < 1.29 is 4.42 Å². The van der Waals surface area contributed by atoms with Gasteiger partial charge in [-0.25, -0.2) is 0 Å². The highest BCUT2D eigenvalue weighted by atomic mass is 16.3. The minimum Gasteiger partial charge on any atom is -0.466 e. The quantitative estimate of drug-likeness (QED) is 0.890. The van der Waals surface area contributed by atoms with E-state index in [1.807, 2.05) is 6.92 Å². The molecule has 1 N–H and O–H groups in total. The lowest BCUT2D eigenvalue weighted by Crippen LogP contribution is -2.51. The van der Waals surface area contributed by atoms with Crippen molar-refractivity contribution in [2.75, 3.05) is 19.6 Å². The number of rotatable bonds is 4. The highest BCUT2D eigenvalue weighted by Crippen LogP contribution is 2.27. The lowest BCUT2D eigenvalue weighted by atomic mass is 10.0. The minimum absolute atomic E-state index is 0.462. The first-order chi connectivity index (χ1) is 8.61. The van der Waals surface area contributed by atoms with Crippen LogP contribution in [0.1, 0.15) is 49.8 Å². The summed E-state index contributed by atoms with van der Waals surface area (Å²) in [6.07, 6.45) is 2.52. The summed E-state index contributed by atoms with van der Waals surface area (Å²) in [5, 5.41) is 3.61. The van der Waals surface area contributed by atoms with Gasteiger partial charge in [-0.15, -0.1) is 0 Å². The molecule has 2 atom stereocenters. The van der Waals surface area contributed by atoms with Crippen molar-refractivity contribution in [2.24, 2.45) is 0 Å². The maximum absolute atomic E-state index is 5.66. The van der Waals surface area contributed by atoms with E-state index < -0.39 is 0 Å². The SMILES string of the molecule is CCCC1CN(C(C)c2cc(C)oc2C)CCN1. The van der Waals surface area contributed by atoms with Crippen LogP contribution in [0, 0.1) is 13.8 Å². The average molecular weight is 250 g/mol. The Labute approximate surface area is 111 Å². The van der Waals surface area contributed by atoms with Crippen molar-refractivity contribution in [1.82, 2.24) is 10.2 Å². The number of nitrogens with zero attached hydrogens (tertiary/aromatic N) is 1. The summed E-state index contributed by atoms with van der Waals surface area (Å²) in [4.78, 5) is 2.58. The fourth-order valence-electron chi connectivity index (χ4n) is 3.01. The van der Waals surface area contributed by atoms with Crippen LogP contribution in [-0.2, 0) is 0 Å². The molecule has 1 aromatic rings. The molecule has 0 aliphatic carbocycles. The Balaban J connectivity index is 2.04. The fraction of sp³-hybridized carbons (Fsp3) is 0.733. The lowest BCUT2D eigenvalue weighted by Gasteiger charge is -2.37. The van der Waals surface area contributed by atoms with E-state index in [0.29, 0.717) is 12.1 Å². The van der Waals surface area contributed by atoms with Gasteiger partial charge in [-0.3, -0.25) is 4.90 Å². The van der Waals surface area contributed by atoms with Crippen LogP contribution in [0.4, 0.5) is 0 Å². The van der Waals surface area contributed by atoms with Crippen LogP contribution < -0.4 is 5.32 Å². The second-order valence-corrected chi connectivity index (χ2v) is 5.48. The highest BCUT2D eigenvalue weighted by Gasteiger charge is 2.25. The first-order valence-electron chi connectivity index (χ1n) is 7.16. The molecule has 2 heterocycles. The van der Waals surface area contributed by atoms with Gasteiger partial charge in [0.05, 0.1) is 0 Å². The van der Waals surface area contributed by atoms with Gasteiger partial charge in [0.1, 0.15) is 11.5 Å². The molecule has 0 bridgehead atoms. The largest absolute Gasteiger partial charge is 0.466 e. The van der Waals surface area contributed by atoms with Gasteiger partial charge in [-0.05, 0) is 33.3 Å². The molecule has 3 heteroatoms. The van der Waals surface area contributed by atoms with Crippen LogP contribution in [0.2, 0.25) is 0 Å². The summed E-state index contributed by atoms with van der Waals surface area (Å²) in [6, 6.07) is 3.31. The smallest absolute Gasteiger partial charge is 0.105 e. The predicted octanol–water partition coefficient (Wildman–Crippen LogP) is 3.03. The predicted molar refractivity (Wildman–Crippen MR) is 74.9 cm³/mol. The van der Waals surface area contributed by atoms with Crippen LogP contribution in [0.25, 0.3) is 0 Å². The molecule has 18 heavy (non-hydrogen) atoms. The maximum atomic E-state index is 5.66. The zero-order valence-electron chi connectivity index (χ0n) is 12.1. The third-order valence-corrected chi connectivity index (χ3v) is 4.00. The minimum atomic E-state index is 0.462. The van der Waals surface area contributed by atoms with E-state index in [1.54, 1.807) is 0 Å². The van der Waals surface area contributed by atoms with Crippen molar-refractivity contribution in [1.29, 1.82) is 0 Å². The van der Waals surface area contributed by atoms with Crippen molar-refractivity contribution in [3.63, 3.8) is 0 Å². The first kappa shape index (κ1) is 13.6. The highest BCUT2D eigenvalue weighted by molar-refractivity contribution is 5.23. The number of hydrogen-bond donors (Lipinski definition) is 1. The zero-order chi connectivity index (χ0) is 13.1. The summed E-state index contributed by atoms with van der Waals surface area (Å²) in [7, 11) is 0. The molecule has 1 aromatic heterocycles. The Morgan fingerprint density at radius 1 is 1.50 bits per heavy atom. The molecular weight excluding hydrogens is 224 g/mol. The van der Waals surface area contributed by atoms with Gasteiger partial charge < -0.3 is 9.73 Å². The Morgan fingerprint density at radius 2 is 2.28 bits per heavy atom. The zero-order valence-corrected chi connectivity index (χ0v) is 12.1. The van der Waals surface area contributed by atoms with Crippen molar-refractivity contribution in [3.05, 3.63) is 23.2 Å². The molecule has 2 rings (SSSR count). The molecule has 102 valence electrons. The fourth-order valence-corrected chi connectivity index (χ4v) is 3.01. The number of aryl methyl sites for hydroxylation is 2.